The number of carbonyl (C=O) groups excluding carboxylic acids is 1. The number of hydrogen-bond donors (Lipinski definition) is 0. The lowest BCUT2D eigenvalue weighted by atomic mass is 10.2. The van der Waals surface area contributed by atoms with Crippen LogP contribution in [0.25, 0.3) is 0 Å². The molecule has 0 unspecified atom stereocenters. The highest BCUT2D eigenvalue weighted by Crippen LogP contribution is 2.17. The molecule has 1 aromatic heterocycles. The molecule has 0 amide bonds. The number of hydrogen-bond acceptors (Lipinski definition) is 4. The Hall–Kier alpha value is -1.65. The second kappa shape index (κ2) is 4.55. The maximum Gasteiger partial charge on any atom is 0.310 e. The Kier molecular flexibility index (Phi) is 3.39. The van der Waals surface area contributed by atoms with E-state index in [9.17, 15) is 9.18 Å². The van der Waals surface area contributed by atoms with E-state index in [0.29, 0.717) is 11.3 Å². The zero-order valence-corrected chi connectivity index (χ0v) is 7.91. The standard InChI is InChI=1S/C9H10FNO3/c1-13-7-5-11-8(10)3-6(7)4-9(12)14-2/h3,5H,4H2,1-2H3. The van der Waals surface area contributed by atoms with Gasteiger partial charge < -0.3 is 9.47 Å². The molecule has 0 aliphatic rings. The van der Waals surface area contributed by atoms with Gasteiger partial charge in [0.25, 0.3) is 0 Å². The third-order valence-electron chi connectivity index (χ3n) is 1.70. The van der Waals surface area contributed by atoms with Gasteiger partial charge in [0.15, 0.2) is 0 Å². The number of esters is 1. The van der Waals surface area contributed by atoms with Gasteiger partial charge in [0.1, 0.15) is 5.75 Å². The van der Waals surface area contributed by atoms with Crippen LogP contribution in [-0.4, -0.2) is 25.2 Å². The molecule has 0 aromatic carbocycles. The SMILES string of the molecule is COC(=O)Cc1cc(F)ncc1OC. The predicted octanol–water partition coefficient (Wildman–Crippen LogP) is 0.945. The van der Waals surface area contributed by atoms with E-state index in [1.165, 1.54) is 20.4 Å². The van der Waals surface area contributed by atoms with Crippen molar-refractivity contribution in [2.45, 2.75) is 6.42 Å². The van der Waals surface area contributed by atoms with E-state index < -0.39 is 11.9 Å². The normalized spacial score (nSPS) is 9.64. The van der Waals surface area contributed by atoms with Crippen LogP contribution in [0.2, 0.25) is 0 Å². The van der Waals surface area contributed by atoms with Crippen LogP contribution in [0.5, 0.6) is 5.75 Å². The molecule has 0 aliphatic carbocycles. The van der Waals surface area contributed by atoms with Gasteiger partial charge in [-0.05, 0) is 0 Å². The zero-order valence-electron chi connectivity index (χ0n) is 7.91. The number of methoxy groups -OCH3 is 2. The van der Waals surface area contributed by atoms with Crippen LogP contribution in [0.3, 0.4) is 0 Å². The summed E-state index contributed by atoms with van der Waals surface area (Å²) in [5.41, 5.74) is 0.423. The minimum Gasteiger partial charge on any atom is -0.495 e. The monoisotopic (exact) mass is 199 g/mol. The number of aromatic nitrogens is 1. The summed E-state index contributed by atoms with van der Waals surface area (Å²) in [7, 11) is 2.70. The molecule has 1 heterocycles. The summed E-state index contributed by atoms with van der Waals surface area (Å²) in [6.07, 6.45) is 1.20. The molecule has 14 heavy (non-hydrogen) atoms. The van der Waals surface area contributed by atoms with Crippen LogP contribution in [0.1, 0.15) is 5.56 Å². The largest absolute Gasteiger partial charge is 0.495 e. The van der Waals surface area contributed by atoms with Gasteiger partial charge in [-0.15, -0.1) is 0 Å². The van der Waals surface area contributed by atoms with Gasteiger partial charge in [-0.1, -0.05) is 0 Å². The molecule has 4 nitrogen and oxygen atoms in total. The molecule has 1 rings (SSSR count). The van der Waals surface area contributed by atoms with Crippen molar-refractivity contribution < 1.29 is 18.7 Å². The average molecular weight is 199 g/mol. The summed E-state index contributed by atoms with van der Waals surface area (Å²) >= 11 is 0. The van der Waals surface area contributed by atoms with Gasteiger partial charge in [-0.3, -0.25) is 4.79 Å². The number of nitrogens with zero attached hydrogens (tertiary/aromatic N) is 1. The molecule has 0 N–H and O–H groups in total. The van der Waals surface area contributed by atoms with Gasteiger partial charge in [0.05, 0.1) is 26.8 Å². The van der Waals surface area contributed by atoms with E-state index in [0.717, 1.165) is 6.07 Å². The Morgan fingerprint density at radius 2 is 2.29 bits per heavy atom. The minimum absolute atomic E-state index is 0.0287. The Bertz CT molecular complexity index is 341. The molecule has 1 aromatic rings. The van der Waals surface area contributed by atoms with Crippen molar-refractivity contribution in [3.63, 3.8) is 0 Å². The molecular formula is C9H10FNO3. The number of rotatable bonds is 3. The van der Waals surface area contributed by atoms with Crippen molar-refractivity contribution in [1.82, 2.24) is 4.98 Å². The van der Waals surface area contributed by atoms with Crippen LogP contribution in [0.15, 0.2) is 12.3 Å². The lowest BCUT2D eigenvalue weighted by Gasteiger charge is -2.06. The molecule has 0 saturated carbocycles. The summed E-state index contributed by atoms with van der Waals surface area (Å²) in [4.78, 5) is 14.3. The second-order valence-corrected chi connectivity index (χ2v) is 2.57. The lowest BCUT2D eigenvalue weighted by molar-refractivity contribution is -0.139. The van der Waals surface area contributed by atoms with E-state index in [1.807, 2.05) is 0 Å². The number of carbonyl (C=O) groups is 1. The molecule has 0 bridgehead atoms. The Morgan fingerprint density at radius 3 is 2.86 bits per heavy atom. The Balaban J connectivity index is 2.93. The highest BCUT2D eigenvalue weighted by Gasteiger charge is 2.10. The quantitative estimate of drug-likeness (QED) is 0.537. The fraction of sp³-hybridized carbons (Fsp3) is 0.333. The summed E-state index contributed by atoms with van der Waals surface area (Å²) in [5, 5.41) is 0. The Labute approximate surface area is 80.7 Å². The lowest BCUT2D eigenvalue weighted by Crippen LogP contribution is -2.06. The molecule has 0 radical (unpaired) electrons. The molecule has 0 aliphatic heterocycles. The molecule has 0 spiro atoms. The number of halogens is 1. The number of pyridine rings is 1. The third-order valence-corrected chi connectivity index (χ3v) is 1.70. The van der Waals surface area contributed by atoms with E-state index in [2.05, 4.69) is 9.72 Å². The van der Waals surface area contributed by atoms with Crippen molar-refractivity contribution in [2.75, 3.05) is 14.2 Å². The van der Waals surface area contributed by atoms with Crippen molar-refractivity contribution in [3.05, 3.63) is 23.8 Å². The van der Waals surface area contributed by atoms with Crippen molar-refractivity contribution in [2.24, 2.45) is 0 Å². The summed E-state index contributed by atoms with van der Waals surface area (Å²) in [6, 6.07) is 1.15. The van der Waals surface area contributed by atoms with Crippen LogP contribution in [0, 0.1) is 5.95 Å². The predicted molar refractivity (Wildman–Crippen MR) is 46.5 cm³/mol. The first kappa shape index (κ1) is 10.4. The first-order valence-corrected chi connectivity index (χ1v) is 3.92. The molecule has 0 atom stereocenters. The van der Waals surface area contributed by atoms with Crippen molar-refractivity contribution in [1.29, 1.82) is 0 Å². The van der Waals surface area contributed by atoms with Gasteiger partial charge >= 0.3 is 5.97 Å². The van der Waals surface area contributed by atoms with E-state index in [-0.39, 0.29) is 6.42 Å². The average Bonchev–Trinajstić information content (AvgIpc) is 2.18. The summed E-state index contributed by atoms with van der Waals surface area (Å²) in [6.45, 7) is 0. The van der Waals surface area contributed by atoms with Gasteiger partial charge in [0.2, 0.25) is 5.95 Å². The number of ether oxygens (including phenoxy) is 2. The maximum atomic E-state index is 12.7. The molecular weight excluding hydrogens is 189 g/mol. The highest BCUT2D eigenvalue weighted by molar-refractivity contribution is 5.73. The fourth-order valence-electron chi connectivity index (χ4n) is 1.00. The maximum absolute atomic E-state index is 12.7. The van der Waals surface area contributed by atoms with E-state index in [4.69, 9.17) is 4.74 Å². The molecule has 76 valence electrons. The topological polar surface area (TPSA) is 48.4 Å². The summed E-state index contributed by atoms with van der Waals surface area (Å²) < 4.78 is 22.1. The van der Waals surface area contributed by atoms with Crippen LogP contribution >= 0.6 is 0 Å². The van der Waals surface area contributed by atoms with Crippen LogP contribution in [0.4, 0.5) is 4.39 Å². The highest BCUT2D eigenvalue weighted by atomic mass is 19.1. The van der Waals surface area contributed by atoms with E-state index >= 15 is 0 Å². The molecule has 5 heteroatoms. The minimum atomic E-state index is -0.648. The third kappa shape index (κ3) is 2.42. The van der Waals surface area contributed by atoms with Crippen LogP contribution < -0.4 is 4.74 Å². The molecule has 0 fully saturated rings. The van der Waals surface area contributed by atoms with Gasteiger partial charge in [-0.2, -0.15) is 4.39 Å². The Morgan fingerprint density at radius 1 is 1.57 bits per heavy atom. The summed E-state index contributed by atoms with van der Waals surface area (Å²) in [5.74, 6) is -0.726. The molecule has 0 saturated heterocycles. The zero-order chi connectivity index (χ0) is 10.6. The smallest absolute Gasteiger partial charge is 0.310 e. The van der Waals surface area contributed by atoms with Gasteiger partial charge in [0, 0.05) is 11.6 Å². The van der Waals surface area contributed by atoms with Crippen molar-refractivity contribution in [3.8, 4) is 5.75 Å². The van der Waals surface area contributed by atoms with Gasteiger partial charge in [-0.25, -0.2) is 4.98 Å². The first-order valence-electron chi connectivity index (χ1n) is 3.92. The van der Waals surface area contributed by atoms with Crippen LogP contribution in [-0.2, 0) is 16.0 Å². The van der Waals surface area contributed by atoms with E-state index in [1.54, 1.807) is 0 Å². The second-order valence-electron chi connectivity index (χ2n) is 2.57. The van der Waals surface area contributed by atoms with Crippen molar-refractivity contribution >= 4 is 5.97 Å². The first-order chi connectivity index (χ1) is 6.67. The fourth-order valence-corrected chi connectivity index (χ4v) is 1.00.